The van der Waals surface area contributed by atoms with E-state index in [4.69, 9.17) is 6.42 Å². The zero-order chi connectivity index (χ0) is 16.4. The first kappa shape index (κ1) is 15.1. The van der Waals surface area contributed by atoms with E-state index in [-0.39, 0.29) is 5.41 Å². The fourth-order valence-electron chi connectivity index (χ4n) is 6.23. The molecular formula is C21H26O2. The lowest BCUT2D eigenvalue weighted by molar-refractivity contribution is -0.0994. The molecule has 1 aromatic rings. The summed E-state index contributed by atoms with van der Waals surface area (Å²) >= 11 is 0. The van der Waals surface area contributed by atoms with Crippen molar-refractivity contribution in [3.05, 3.63) is 29.3 Å². The summed E-state index contributed by atoms with van der Waals surface area (Å²) in [5.74, 6) is 5.18. The second-order valence-corrected chi connectivity index (χ2v) is 8.26. The third-order valence-electron chi connectivity index (χ3n) is 7.66. The number of hydrogen-bond donors (Lipinski definition) is 2. The molecule has 2 fully saturated rings. The summed E-state index contributed by atoms with van der Waals surface area (Å²) < 4.78 is 0. The molecule has 23 heavy (non-hydrogen) atoms. The first-order valence-corrected chi connectivity index (χ1v) is 8.92. The Labute approximate surface area is 138 Å². The molecule has 0 spiro atoms. The van der Waals surface area contributed by atoms with Crippen molar-refractivity contribution >= 4 is 0 Å². The van der Waals surface area contributed by atoms with Crippen LogP contribution in [0.5, 0.6) is 5.75 Å². The van der Waals surface area contributed by atoms with Gasteiger partial charge in [-0.05, 0) is 79.0 Å². The number of terminal acetylenes is 1. The second kappa shape index (κ2) is 4.77. The minimum absolute atomic E-state index is 0.169. The van der Waals surface area contributed by atoms with Gasteiger partial charge < -0.3 is 10.2 Å². The third kappa shape index (κ3) is 1.81. The summed E-state index contributed by atoms with van der Waals surface area (Å²) in [6, 6.07) is 5.89. The average Bonchev–Trinajstić information content (AvgIpc) is 2.81. The van der Waals surface area contributed by atoms with Gasteiger partial charge in [0.2, 0.25) is 0 Å². The van der Waals surface area contributed by atoms with E-state index < -0.39 is 5.60 Å². The average molecular weight is 310 g/mol. The Bertz CT molecular complexity index is 688. The predicted octanol–water partition coefficient (Wildman–Crippen LogP) is 3.86. The fourth-order valence-corrected chi connectivity index (χ4v) is 6.23. The molecule has 2 heteroatoms. The van der Waals surface area contributed by atoms with Gasteiger partial charge in [-0.2, -0.15) is 0 Å². The van der Waals surface area contributed by atoms with Crippen LogP contribution in [0.4, 0.5) is 0 Å². The molecule has 3 aliphatic rings. The minimum Gasteiger partial charge on any atom is -0.508 e. The van der Waals surface area contributed by atoms with Crippen molar-refractivity contribution in [1.29, 1.82) is 0 Å². The molecule has 0 aromatic heterocycles. The molecule has 2 N–H and O–H groups in total. The molecule has 2 saturated carbocycles. The lowest BCUT2D eigenvalue weighted by Gasteiger charge is -2.55. The summed E-state index contributed by atoms with van der Waals surface area (Å²) in [4.78, 5) is 0. The van der Waals surface area contributed by atoms with Crippen molar-refractivity contribution in [3.63, 3.8) is 0 Å². The maximum Gasteiger partial charge on any atom is 0.131 e. The summed E-state index contributed by atoms with van der Waals surface area (Å²) in [6.45, 7) is 4.50. The summed E-state index contributed by atoms with van der Waals surface area (Å²) in [5.41, 5.74) is 1.62. The standard InChI is InChI=1S/C21H26O2/c1-4-21(23)10-9-19-17-7-5-14-12-15(22)6-8-16(14)18(17)11-13(2)20(19,21)3/h1,6,8,12-13,17-19,22-23H,5,7,9-11H2,2-3H3. The molecule has 6 atom stereocenters. The molecule has 0 amide bonds. The quantitative estimate of drug-likeness (QED) is 0.714. The lowest BCUT2D eigenvalue weighted by atomic mass is 9.49. The molecule has 0 radical (unpaired) electrons. The Kier molecular flexibility index (Phi) is 3.13. The van der Waals surface area contributed by atoms with Gasteiger partial charge in [0.15, 0.2) is 0 Å². The smallest absolute Gasteiger partial charge is 0.131 e. The van der Waals surface area contributed by atoms with Crippen molar-refractivity contribution in [1.82, 2.24) is 0 Å². The Balaban J connectivity index is 1.77. The predicted molar refractivity (Wildman–Crippen MR) is 91.1 cm³/mol. The Hall–Kier alpha value is -1.46. The summed E-state index contributed by atoms with van der Waals surface area (Å²) in [6.07, 6.45) is 10.8. The van der Waals surface area contributed by atoms with E-state index in [2.05, 4.69) is 25.8 Å². The van der Waals surface area contributed by atoms with E-state index >= 15 is 0 Å². The van der Waals surface area contributed by atoms with E-state index in [9.17, 15) is 10.2 Å². The molecule has 0 aliphatic heterocycles. The Morgan fingerprint density at radius 3 is 2.83 bits per heavy atom. The zero-order valence-electron chi connectivity index (χ0n) is 14.0. The number of aliphatic hydroxyl groups is 1. The first-order valence-electron chi connectivity index (χ1n) is 8.92. The highest BCUT2D eigenvalue weighted by Gasteiger charge is 2.63. The molecule has 1 aromatic carbocycles. The van der Waals surface area contributed by atoms with Gasteiger partial charge in [-0.3, -0.25) is 0 Å². The highest BCUT2D eigenvalue weighted by Crippen LogP contribution is 2.66. The number of fused-ring (bicyclic) bond motifs is 5. The van der Waals surface area contributed by atoms with Crippen molar-refractivity contribution in [3.8, 4) is 18.1 Å². The third-order valence-corrected chi connectivity index (χ3v) is 7.66. The van der Waals surface area contributed by atoms with Gasteiger partial charge in [0, 0.05) is 5.41 Å². The van der Waals surface area contributed by atoms with Crippen LogP contribution < -0.4 is 0 Å². The van der Waals surface area contributed by atoms with E-state index in [1.165, 1.54) is 11.1 Å². The Morgan fingerprint density at radius 1 is 1.30 bits per heavy atom. The van der Waals surface area contributed by atoms with Crippen molar-refractivity contribution in [2.75, 3.05) is 0 Å². The van der Waals surface area contributed by atoms with Gasteiger partial charge in [0.25, 0.3) is 0 Å². The van der Waals surface area contributed by atoms with Crippen LogP contribution in [0.3, 0.4) is 0 Å². The van der Waals surface area contributed by atoms with Crippen molar-refractivity contribution in [2.24, 2.45) is 23.2 Å². The SMILES string of the molecule is C#CC1(O)CCC2C3CCc4cc(O)ccc4C3CC(C)C21C. The molecule has 0 heterocycles. The number of aromatic hydroxyl groups is 1. The van der Waals surface area contributed by atoms with Gasteiger partial charge in [0.1, 0.15) is 11.4 Å². The highest BCUT2D eigenvalue weighted by atomic mass is 16.3. The number of phenols is 1. The van der Waals surface area contributed by atoms with Crippen LogP contribution in [0.15, 0.2) is 18.2 Å². The number of hydrogen-bond acceptors (Lipinski definition) is 2. The molecule has 122 valence electrons. The minimum atomic E-state index is -0.947. The second-order valence-electron chi connectivity index (χ2n) is 8.26. The van der Waals surface area contributed by atoms with E-state index in [1.54, 1.807) is 0 Å². The molecule has 4 rings (SSSR count). The normalized spacial score (nSPS) is 44.8. The van der Waals surface area contributed by atoms with Gasteiger partial charge in [0.05, 0.1) is 0 Å². The molecular weight excluding hydrogens is 284 g/mol. The number of aryl methyl sites for hydroxylation is 1. The van der Waals surface area contributed by atoms with Crippen LogP contribution >= 0.6 is 0 Å². The van der Waals surface area contributed by atoms with Crippen LogP contribution in [0, 0.1) is 35.5 Å². The first-order chi connectivity index (χ1) is 10.9. The van der Waals surface area contributed by atoms with Crippen LogP contribution in [-0.2, 0) is 6.42 Å². The van der Waals surface area contributed by atoms with Gasteiger partial charge in [-0.15, -0.1) is 6.42 Å². The summed E-state index contributed by atoms with van der Waals surface area (Å²) in [7, 11) is 0. The lowest BCUT2D eigenvalue weighted by Crippen LogP contribution is -2.54. The zero-order valence-corrected chi connectivity index (χ0v) is 14.0. The van der Waals surface area contributed by atoms with E-state index in [0.29, 0.717) is 29.4 Å². The molecule has 2 nitrogen and oxygen atoms in total. The van der Waals surface area contributed by atoms with Crippen molar-refractivity contribution < 1.29 is 10.2 Å². The topological polar surface area (TPSA) is 40.5 Å². The molecule has 0 bridgehead atoms. The van der Waals surface area contributed by atoms with Gasteiger partial charge >= 0.3 is 0 Å². The monoisotopic (exact) mass is 310 g/mol. The number of phenolic OH excluding ortho intramolecular Hbond substituents is 1. The van der Waals surface area contributed by atoms with Crippen LogP contribution in [-0.4, -0.2) is 15.8 Å². The number of benzene rings is 1. The maximum absolute atomic E-state index is 11.1. The highest BCUT2D eigenvalue weighted by molar-refractivity contribution is 5.41. The molecule has 0 saturated heterocycles. The maximum atomic E-state index is 11.1. The number of rotatable bonds is 0. The molecule has 6 unspecified atom stereocenters. The Morgan fingerprint density at radius 2 is 2.09 bits per heavy atom. The van der Waals surface area contributed by atoms with Crippen molar-refractivity contribution in [2.45, 2.75) is 57.5 Å². The van der Waals surface area contributed by atoms with E-state index in [0.717, 1.165) is 32.1 Å². The summed E-state index contributed by atoms with van der Waals surface area (Å²) in [5, 5.41) is 20.9. The molecule has 3 aliphatic carbocycles. The largest absolute Gasteiger partial charge is 0.508 e. The van der Waals surface area contributed by atoms with Gasteiger partial charge in [-0.25, -0.2) is 0 Å². The fraction of sp³-hybridized carbons (Fsp3) is 0.619. The van der Waals surface area contributed by atoms with Gasteiger partial charge in [-0.1, -0.05) is 25.8 Å². The van der Waals surface area contributed by atoms with Crippen LogP contribution in [0.1, 0.15) is 56.6 Å². The van der Waals surface area contributed by atoms with E-state index in [1.807, 2.05) is 12.1 Å². The van der Waals surface area contributed by atoms with Crippen LogP contribution in [0.2, 0.25) is 0 Å². The van der Waals surface area contributed by atoms with Crippen LogP contribution in [0.25, 0.3) is 0 Å².